The first-order valence-corrected chi connectivity index (χ1v) is 10.1. The fourth-order valence-corrected chi connectivity index (χ4v) is 3.78. The van der Waals surface area contributed by atoms with Crippen molar-refractivity contribution in [1.29, 1.82) is 0 Å². The Morgan fingerprint density at radius 3 is 2.10 bits per heavy atom. The number of anilines is 1. The van der Waals surface area contributed by atoms with Gasteiger partial charge in [0.1, 0.15) is 0 Å². The fraction of sp³-hybridized carbons (Fsp3) is 0.160. The van der Waals surface area contributed by atoms with Crippen molar-refractivity contribution in [2.24, 2.45) is 0 Å². The lowest BCUT2D eigenvalue weighted by molar-refractivity contribution is -0.117. The largest absolute Gasteiger partial charge is 0.395 e. The average Bonchev–Trinajstić information content (AvgIpc) is 2.78. The molecule has 0 aliphatic heterocycles. The molecule has 6 heteroatoms. The lowest BCUT2D eigenvalue weighted by Gasteiger charge is -2.21. The number of hydrogen-bond acceptors (Lipinski definition) is 5. The van der Waals surface area contributed by atoms with E-state index in [4.69, 9.17) is 0 Å². The van der Waals surface area contributed by atoms with Crippen LogP contribution in [-0.2, 0) is 11.3 Å². The van der Waals surface area contributed by atoms with Crippen LogP contribution in [0.25, 0.3) is 0 Å². The van der Waals surface area contributed by atoms with Crippen molar-refractivity contribution in [3.63, 3.8) is 0 Å². The second kappa shape index (κ2) is 9.04. The van der Waals surface area contributed by atoms with Gasteiger partial charge in [0.15, 0.2) is 11.6 Å². The van der Waals surface area contributed by atoms with Gasteiger partial charge >= 0.3 is 0 Å². The lowest BCUT2D eigenvalue weighted by Crippen LogP contribution is -2.35. The maximum absolute atomic E-state index is 12.9. The van der Waals surface area contributed by atoms with Gasteiger partial charge in [-0.15, -0.1) is 0 Å². The number of amides is 1. The van der Waals surface area contributed by atoms with Crippen molar-refractivity contribution in [2.75, 3.05) is 25.0 Å². The molecule has 2 N–H and O–H groups in total. The van der Waals surface area contributed by atoms with Crippen molar-refractivity contribution in [1.82, 2.24) is 4.90 Å². The molecule has 0 heterocycles. The molecule has 3 aromatic rings. The van der Waals surface area contributed by atoms with Crippen LogP contribution >= 0.6 is 0 Å². The van der Waals surface area contributed by atoms with E-state index in [1.54, 1.807) is 42.5 Å². The van der Waals surface area contributed by atoms with Gasteiger partial charge in [0.25, 0.3) is 0 Å². The molecule has 1 aliphatic carbocycles. The van der Waals surface area contributed by atoms with Gasteiger partial charge in [0, 0.05) is 41.0 Å². The summed E-state index contributed by atoms with van der Waals surface area (Å²) >= 11 is 0. The molecule has 0 radical (unpaired) electrons. The molecule has 0 bridgehead atoms. The van der Waals surface area contributed by atoms with E-state index in [0.29, 0.717) is 35.5 Å². The number of hydrogen-bond donors (Lipinski definition) is 2. The van der Waals surface area contributed by atoms with Gasteiger partial charge in [-0.25, -0.2) is 0 Å². The molecule has 6 nitrogen and oxygen atoms in total. The number of ketones is 2. The van der Waals surface area contributed by atoms with Crippen LogP contribution in [0.2, 0.25) is 0 Å². The summed E-state index contributed by atoms with van der Waals surface area (Å²) in [5.41, 5.74) is 2.90. The average molecular weight is 414 g/mol. The molecule has 0 fully saturated rings. The Kier molecular flexibility index (Phi) is 6.02. The number of fused-ring (bicyclic) bond motifs is 2. The summed E-state index contributed by atoms with van der Waals surface area (Å²) in [7, 11) is 0. The lowest BCUT2D eigenvalue weighted by atomic mass is 9.84. The van der Waals surface area contributed by atoms with Gasteiger partial charge < -0.3 is 10.4 Å². The molecule has 0 aromatic heterocycles. The number of carbonyl (C=O) groups is 3. The summed E-state index contributed by atoms with van der Waals surface area (Å²) in [6, 6.07) is 21.2. The molecule has 0 unspecified atom stereocenters. The van der Waals surface area contributed by atoms with Gasteiger partial charge in [-0.3, -0.25) is 19.3 Å². The number of carbonyl (C=O) groups excluding carboxylic acids is 3. The molecular formula is C25H22N2O4. The molecule has 1 amide bonds. The normalized spacial score (nSPS) is 12.5. The number of nitrogens with one attached hydrogen (secondary N) is 1. The van der Waals surface area contributed by atoms with E-state index in [1.165, 1.54) is 0 Å². The van der Waals surface area contributed by atoms with E-state index < -0.39 is 0 Å². The zero-order valence-electron chi connectivity index (χ0n) is 16.9. The summed E-state index contributed by atoms with van der Waals surface area (Å²) in [4.78, 5) is 40.0. The Hall–Kier alpha value is -3.61. The Morgan fingerprint density at radius 1 is 0.806 bits per heavy atom. The van der Waals surface area contributed by atoms with Crippen LogP contribution in [0, 0.1) is 0 Å². The number of aliphatic hydroxyl groups excluding tert-OH is 1. The van der Waals surface area contributed by atoms with E-state index >= 15 is 0 Å². The van der Waals surface area contributed by atoms with E-state index in [2.05, 4.69) is 5.32 Å². The minimum absolute atomic E-state index is 0.0605. The third-order valence-corrected chi connectivity index (χ3v) is 5.24. The van der Waals surface area contributed by atoms with E-state index in [-0.39, 0.29) is 36.2 Å². The Bertz CT molecular complexity index is 1140. The number of nitrogens with zero attached hydrogens (tertiary/aromatic N) is 1. The van der Waals surface area contributed by atoms with Gasteiger partial charge in [0.05, 0.1) is 13.2 Å². The maximum atomic E-state index is 12.9. The van der Waals surface area contributed by atoms with Gasteiger partial charge in [-0.2, -0.15) is 0 Å². The smallest absolute Gasteiger partial charge is 0.238 e. The number of aliphatic hydroxyl groups is 1. The fourth-order valence-electron chi connectivity index (χ4n) is 3.78. The predicted octanol–water partition coefficient (Wildman–Crippen LogP) is 2.90. The summed E-state index contributed by atoms with van der Waals surface area (Å²) in [6.45, 7) is 0.913. The second-order valence-electron chi connectivity index (χ2n) is 7.43. The quantitative estimate of drug-likeness (QED) is 0.486. The third kappa shape index (κ3) is 4.45. The van der Waals surface area contributed by atoms with E-state index in [1.807, 2.05) is 35.2 Å². The SMILES string of the molecule is O=C(CN(CCO)Cc1ccccc1)Nc1ccc2c(c1)C(=O)c1ccccc1C2=O. The van der Waals surface area contributed by atoms with Crippen LogP contribution < -0.4 is 5.32 Å². The minimum Gasteiger partial charge on any atom is -0.395 e. The molecule has 31 heavy (non-hydrogen) atoms. The Morgan fingerprint density at radius 2 is 1.42 bits per heavy atom. The summed E-state index contributed by atoms with van der Waals surface area (Å²) < 4.78 is 0. The standard InChI is InChI=1S/C25H22N2O4/c28-13-12-27(15-17-6-2-1-3-7-17)16-23(29)26-18-10-11-21-22(14-18)25(31)20-9-5-4-8-19(20)24(21)30/h1-11,14,28H,12-13,15-16H2,(H,26,29). The highest BCUT2D eigenvalue weighted by Crippen LogP contribution is 2.29. The third-order valence-electron chi connectivity index (χ3n) is 5.24. The first-order chi connectivity index (χ1) is 15.1. The van der Waals surface area contributed by atoms with Crippen LogP contribution in [0.1, 0.15) is 37.4 Å². The van der Waals surface area contributed by atoms with Crippen LogP contribution in [0.5, 0.6) is 0 Å². The van der Waals surface area contributed by atoms with Crippen molar-refractivity contribution < 1.29 is 19.5 Å². The zero-order chi connectivity index (χ0) is 21.8. The summed E-state index contributed by atoms with van der Waals surface area (Å²) in [5.74, 6) is -0.688. The summed E-state index contributed by atoms with van der Waals surface area (Å²) in [6.07, 6.45) is 0. The number of benzene rings is 3. The molecule has 0 saturated heterocycles. The van der Waals surface area contributed by atoms with Crippen molar-refractivity contribution >= 4 is 23.2 Å². The molecule has 0 saturated carbocycles. The highest BCUT2D eigenvalue weighted by molar-refractivity contribution is 6.28. The predicted molar refractivity (Wildman–Crippen MR) is 117 cm³/mol. The number of rotatable bonds is 7. The zero-order valence-corrected chi connectivity index (χ0v) is 16.9. The molecule has 0 spiro atoms. The monoisotopic (exact) mass is 414 g/mol. The van der Waals surface area contributed by atoms with Crippen LogP contribution in [0.4, 0.5) is 5.69 Å². The Labute approximate surface area is 180 Å². The highest BCUT2D eigenvalue weighted by atomic mass is 16.3. The van der Waals surface area contributed by atoms with Crippen molar-refractivity contribution in [3.05, 3.63) is 101 Å². The van der Waals surface area contributed by atoms with Gasteiger partial charge in [-0.05, 0) is 23.8 Å². The first kappa shape index (κ1) is 20.7. The Balaban J connectivity index is 1.49. The molecule has 3 aromatic carbocycles. The summed E-state index contributed by atoms with van der Waals surface area (Å²) in [5, 5.41) is 12.1. The molecule has 4 rings (SSSR count). The van der Waals surface area contributed by atoms with Gasteiger partial charge in [-0.1, -0.05) is 54.6 Å². The first-order valence-electron chi connectivity index (χ1n) is 10.1. The van der Waals surface area contributed by atoms with E-state index in [0.717, 1.165) is 5.56 Å². The maximum Gasteiger partial charge on any atom is 0.238 e. The van der Waals surface area contributed by atoms with Crippen LogP contribution in [-0.4, -0.2) is 47.2 Å². The van der Waals surface area contributed by atoms with Crippen molar-refractivity contribution in [3.8, 4) is 0 Å². The molecule has 156 valence electrons. The van der Waals surface area contributed by atoms with Gasteiger partial charge in [0.2, 0.25) is 5.91 Å². The molecule has 1 aliphatic rings. The van der Waals surface area contributed by atoms with Crippen LogP contribution in [0.3, 0.4) is 0 Å². The second-order valence-corrected chi connectivity index (χ2v) is 7.43. The molecule has 0 atom stereocenters. The minimum atomic E-state index is -0.265. The molecular weight excluding hydrogens is 392 g/mol. The van der Waals surface area contributed by atoms with Crippen LogP contribution in [0.15, 0.2) is 72.8 Å². The topological polar surface area (TPSA) is 86.7 Å². The highest BCUT2D eigenvalue weighted by Gasteiger charge is 2.29. The van der Waals surface area contributed by atoms with E-state index in [9.17, 15) is 19.5 Å². The van der Waals surface area contributed by atoms with Crippen molar-refractivity contribution in [2.45, 2.75) is 6.54 Å².